The van der Waals surface area contributed by atoms with Crippen LogP contribution in [0.3, 0.4) is 0 Å². The predicted molar refractivity (Wildman–Crippen MR) is 116 cm³/mol. The number of carbonyl (C=O) groups is 1. The van der Waals surface area contributed by atoms with Crippen molar-refractivity contribution in [2.24, 2.45) is 0 Å². The molecule has 3 heterocycles. The van der Waals surface area contributed by atoms with Crippen molar-refractivity contribution in [3.8, 4) is 5.82 Å². The summed E-state index contributed by atoms with van der Waals surface area (Å²) in [6, 6.07) is 18.4. The minimum Gasteiger partial charge on any atom is -0.339 e. The van der Waals surface area contributed by atoms with Crippen molar-refractivity contribution in [2.45, 2.75) is 0 Å². The molecule has 3 aromatic heterocycles. The van der Waals surface area contributed by atoms with E-state index in [0.717, 1.165) is 15.9 Å². The van der Waals surface area contributed by atoms with Crippen LogP contribution in [0, 0.1) is 0 Å². The number of hydrogen-bond acceptors (Lipinski definition) is 7. The summed E-state index contributed by atoms with van der Waals surface area (Å²) < 4.78 is 2.63. The molecule has 0 atom stereocenters. The van der Waals surface area contributed by atoms with Crippen LogP contribution >= 0.6 is 11.3 Å². The molecule has 0 saturated heterocycles. The monoisotopic (exact) mass is 413 g/mol. The number of nitrogens with zero attached hydrogens (tertiary/aromatic N) is 5. The highest BCUT2D eigenvalue weighted by Crippen LogP contribution is 2.21. The molecule has 9 heteroatoms. The highest BCUT2D eigenvalue weighted by molar-refractivity contribution is 7.16. The van der Waals surface area contributed by atoms with Crippen molar-refractivity contribution in [3.63, 3.8) is 0 Å². The summed E-state index contributed by atoms with van der Waals surface area (Å²) in [4.78, 5) is 16.7. The molecule has 0 fully saturated rings. The van der Waals surface area contributed by atoms with Crippen molar-refractivity contribution in [3.05, 3.63) is 84.1 Å². The molecule has 0 aliphatic carbocycles. The Kier molecular flexibility index (Phi) is 4.62. The number of aromatic nitrogens is 5. The summed E-state index contributed by atoms with van der Waals surface area (Å²) >= 11 is 1.51. The first-order valence-corrected chi connectivity index (χ1v) is 9.98. The van der Waals surface area contributed by atoms with Crippen LogP contribution in [-0.4, -0.2) is 30.9 Å². The van der Waals surface area contributed by atoms with Gasteiger partial charge in [-0.3, -0.25) is 4.79 Å². The lowest BCUT2D eigenvalue weighted by Gasteiger charge is -2.08. The quantitative estimate of drug-likeness (QED) is 0.447. The molecule has 0 unspecified atom stereocenters. The van der Waals surface area contributed by atoms with E-state index >= 15 is 0 Å². The minimum atomic E-state index is -0.161. The Morgan fingerprint density at radius 3 is 2.60 bits per heavy atom. The standard InChI is InChI=1S/C21H15N7OS/c29-21(14-2-7-17-18(12-14)30-13-22-17)25-16-5-3-15(4-6-16)24-19-8-9-20(27-26-19)28-11-1-10-23-28/h1-13H,(H,24,26)(H,25,29). The summed E-state index contributed by atoms with van der Waals surface area (Å²) in [5.74, 6) is 1.09. The van der Waals surface area contributed by atoms with Gasteiger partial charge in [0.1, 0.15) is 0 Å². The van der Waals surface area contributed by atoms with Crippen molar-refractivity contribution in [1.29, 1.82) is 0 Å². The molecule has 0 aliphatic heterocycles. The molecule has 5 rings (SSSR count). The number of benzene rings is 2. The van der Waals surface area contributed by atoms with Gasteiger partial charge in [0.05, 0.1) is 15.7 Å². The molecule has 0 saturated carbocycles. The normalized spacial score (nSPS) is 10.8. The minimum absolute atomic E-state index is 0.161. The molecule has 30 heavy (non-hydrogen) atoms. The van der Waals surface area contributed by atoms with Gasteiger partial charge < -0.3 is 10.6 Å². The van der Waals surface area contributed by atoms with Crippen molar-refractivity contribution in [2.75, 3.05) is 10.6 Å². The van der Waals surface area contributed by atoms with Gasteiger partial charge in [0.25, 0.3) is 5.91 Å². The third-order valence-electron chi connectivity index (χ3n) is 4.40. The van der Waals surface area contributed by atoms with E-state index in [1.54, 1.807) is 28.7 Å². The average Bonchev–Trinajstić information content (AvgIpc) is 3.47. The van der Waals surface area contributed by atoms with E-state index in [0.29, 0.717) is 22.9 Å². The van der Waals surface area contributed by atoms with E-state index in [4.69, 9.17) is 0 Å². The number of carbonyl (C=O) groups excluding carboxylic acids is 1. The van der Waals surface area contributed by atoms with Gasteiger partial charge in [-0.05, 0) is 60.7 Å². The molecule has 146 valence electrons. The summed E-state index contributed by atoms with van der Waals surface area (Å²) in [6.07, 6.45) is 3.49. The molecule has 1 amide bonds. The van der Waals surface area contributed by atoms with E-state index in [1.807, 2.05) is 54.6 Å². The highest BCUT2D eigenvalue weighted by Gasteiger charge is 2.08. The van der Waals surface area contributed by atoms with E-state index in [9.17, 15) is 4.79 Å². The second-order valence-electron chi connectivity index (χ2n) is 6.42. The highest BCUT2D eigenvalue weighted by atomic mass is 32.1. The first-order valence-electron chi connectivity index (χ1n) is 9.10. The maximum atomic E-state index is 12.5. The van der Waals surface area contributed by atoms with Crippen LogP contribution < -0.4 is 10.6 Å². The first kappa shape index (κ1) is 18.0. The Hall–Kier alpha value is -4.11. The number of thiazole rings is 1. The Balaban J connectivity index is 1.24. The van der Waals surface area contributed by atoms with Gasteiger partial charge in [-0.1, -0.05) is 0 Å². The summed E-state index contributed by atoms with van der Waals surface area (Å²) in [7, 11) is 0. The van der Waals surface area contributed by atoms with Gasteiger partial charge >= 0.3 is 0 Å². The molecule has 0 aliphatic rings. The van der Waals surface area contributed by atoms with Crippen LogP contribution in [0.25, 0.3) is 16.0 Å². The fourth-order valence-corrected chi connectivity index (χ4v) is 3.62. The molecule has 0 bridgehead atoms. The van der Waals surface area contributed by atoms with Crippen molar-refractivity contribution >= 4 is 44.7 Å². The number of hydrogen-bond donors (Lipinski definition) is 2. The van der Waals surface area contributed by atoms with E-state index in [2.05, 4.69) is 30.9 Å². The van der Waals surface area contributed by atoms with E-state index in [1.165, 1.54) is 11.3 Å². The lowest BCUT2D eigenvalue weighted by molar-refractivity contribution is 0.102. The summed E-state index contributed by atoms with van der Waals surface area (Å²) in [5, 5.41) is 18.5. The smallest absolute Gasteiger partial charge is 0.255 e. The zero-order valence-corrected chi connectivity index (χ0v) is 16.4. The largest absolute Gasteiger partial charge is 0.339 e. The molecular weight excluding hydrogens is 398 g/mol. The zero-order chi connectivity index (χ0) is 20.3. The number of amides is 1. The van der Waals surface area contributed by atoms with Crippen LogP contribution in [0.1, 0.15) is 10.4 Å². The second-order valence-corrected chi connectivity index (χ2v) is 7.31. The van der Waals surface area contributed by atoms with Gasteiger partial charge in [0.15, 0.2) is 11.6 Å². The van der Waals surface area contributed by atoms with Gasteiger partial charge in [-0.15, -0.1) is 21.5 Å². The third-order valence-corrected chi connectivity index (χ3v) is 5.19. The number of anilines is 3. The van der Waals surface area contributed by atoms with Crippen molar-refractivity contribution < 1.29 is 4.79 Å². The number of nitrogens with one attached hydrogen (secondary N) is 2. The first-order chi connectivity index (χ1) is 14.7. The van der Waals surface area contributed by atoms with Gasteiger partial charge in [0, 0.05) is 29.3 Å². The van der Waals surface area contributed by atoms with E-state index < -0.39 is 0 Å². The van der Waals surface area contributed by atoms with Crippen LogP contribution in [0.15, 0.2) is 78.6 Å². The topological polar surface area (TPSA) is 97.6 Å². The summed E-state index contributed by atoms with van der Waals surface area (Å²) in [6.45, 7) is 0. The van der Waals surface area contributed by atoms with Gasteiger partial charge in [-0.2, -0.15) is 5.10 Å². The Bertz CT molecular complexity index is 1300. The third kappa shape index (κ3) is 3.74. The van der Waals surface area contributed by atoms with Gasteiger partial charge in [-0.25, -0.2) is 9.67 Å². The van der Waals surface area contributed by atoms with Crippen LogP contribution in [0.4, 0.5) is 17.2 Å². The molecule has 5 aromatic rings. The van der Waals surface area contributed by atoms with Crippen LogP contribution in [0.5, 0.6) is 0 Å². The lowest BCUT2D eigenvalue weighted by atomic mass is 10.2. The molecule has 0 spiro atoms. The van der Waals surface area contributed by atoms with Gasteiger partial charge in [0.2, 0.25) is 0 Å². The van der Waals surface area contributed by atoms with Crippen LogP contribution in [-0.2, 0) is 0 Å². The van der Waals surface area contributed by atoms with Crippen LogP contribution in [0.2, 0.25) is 0 Å². The fourth-order valence-electron chi connectivity index (χ4n) is 2.90. The average molecular weight is 413 g/mol. The Morgan fingerprint density at radius 1 is 0.967 bits per heavy atom. The lowest BCUT2D eigenvalue weighted by Crippen LogP contribution is -2.11. The number of fused-ring (bicyclic) bond motifs is 1. The second kappa shape index (κ2) is 7.72. The zero-order valence-electron chi connectivity index (χ0n) is 15.6. The Labute approximate surface area is 175 Å². The maximum absolute atomic E-state index is 12.5. The predicted octanol–water partition coefficient (Wildman–Crippen LogP) is 4.27. The maximum Gasteiger partial charge on any atom is 0.255 e. The SMILES string of the molecule is O=C(Nc1ccc(Nc2ccc(-n3cccn3)nn2)cc1)c1ccc2ncsc2c1. The Morgan fingerprint density at radius 2 is 1.83 bits per heavy atom. The molecule has 8 nitrogen and oxygen atoms in total. The summed E-state index contributed by atoms with van der Waals surface area (Å²) in [5.41, 5.74) is 4.80. The van der Waals surface area contributed by atoms with Crippen molar-refractivity contribution in [1.82, 2.24) is 25.0 Å². The molecular formula is C21H15N7OS. The molecule has 2 N–H and O–H groups in total. The van der Waals surface area contributed by atoms with E-state index in [-0.39, 0.29) is 5.91 Å². The molecule has 0 radical (unpaired) electrons. The number of rotatable bonds is 5. The molecule has 2 aromatic carbocycles. The fraction of sp³-hybridized carbons (Fsp3) is 0.